The number of fused-ring (bicyclic) bond motifs is 1. The largest absolute Gasteiger partial charge is 0.478 e. The Morgan fingerprint density at radius 2 is 2.38 bits per heavy atom. The summed E-state index contributed by atoms with van der Waals surface area (Å²) in [4.78, 5) is 15.5. The minimum atomic E-state index is -1.03. The third-order valence-corrected chi connectivity index (χ3v) is 3.38. The van der Waals surface area contributed by atoms with Crippen molar-refractivity contribution in [1.82, 2.24) is 14.8 Å². The molecule has 0 bridgehead atoms. The lowest BCUT2D eigenvalue weighted by atomic mass is 10.1. The van der Waals surface area contributed by atoms with Gasteiger partial charge in [0.05, 0.1) is 43.2 Å². The molecule has 8 nitrogen and oxygen atoms in total. The fourth-order valence-electron chi connectivity index (χ4n) is 2.32. The molecule has 112 valence electrons. The van der Waals surface area contributed by atoms with Crippen LogP contribution in [0.5, 0.6) is 0 Å². The topological polar surface area (TPSA) is 98.5 Å². The highest BCUT2D eigenvalue weighted by Gasteiger charge is 2.19. The molecule has 2 N–H and O–H groups in total. The van der Waals surface area contributed by atoms with Crippen LogP contribution in [0.25, 0.3) is 11.0 Å². The lowest BCUT2D eigenvalue weighted by molar-refractivity contribution is -0.0818. The van der Waals surface area contributed by atoms with Crippen LogP contribution in [0.2, 0.25) is 0 Å². The van der Waals surface area contributed by atoms with E-state index in [-0.39, 0.29) is 11.7 Å². The number of ether oxygens (including phenoxy) is 2. The summed E-state index contributed by atoms with van der Waals surface area (Å²) in [5.74, 6) is -1.03. The van der Waals surface area contributed by atoms with Crippen molar-refractivity contribution in [3.63, 3.8) is 0 Å². The Kier molecular flexibility index (Phi) is 3.72. The van der Waals surface area contributed by atoms with E-state index in [1.165, 1.54) is 6.20 Å². The van der Waals surface area contributed by atoms with Gasteiger partial charge in [-0.25, -0.2) is 9.78 Å². The Bertz CT molecular complexity index is 663. The van der Waals surface area contributed by atoms with Crippen LogP contribution in [0.3, 0.4) is 0 Å². The van der Waals surface area contributed by atoms with Gasteiger partial charge in [0.15, 0.2) is 5.65 Å². The second-order valence-electron chi connectivity index (χ2n) is 4.81. The SMILES string of the molecule is Cn1ncc2c(NCC3COCCO3)c(C(=O)O)cnc21. The number of nitrogens with zero attached hydrogens (tertiary/aromatic N) is 3. The maximum atomic E-state index is 11.4. The summed E-state index contributed by atoms with van der Waals surface area (Å²) >= 11 is 0. The molecule has 8 heteroatoms. The van der Waals surface area contributed by atoms with E-state index in [0.717, 1.165) is 0 Å². The van der Waals surface area contributed by atoms with Gasteiger partial charge in [0.1, 0.15) is 5.56 Å². The van der Waals surface area contributed by atoms with Crippen molar-refractivity contribution in [2.24, 2.45) is 7.05 Å². The van der Waals surface area contributed by atoms with Crippen LogP contribution >= 0.6 is 0 Å². The van der Waals surface area contributed by atoms with E-state index in [0.29, 0.717) is 43.1 Å². The van der Waals surface area contributed by atoms with Crippen molar-refractivity contribution >= 4 is 22.7 Å². The number of aryl methyl sites for hydroxylation is 1. The van der Waals surface area contributed by atoms with Gasteiger partial charge in [0.25, 0.3) is 0 Å². The van der Waals surface area contributed by atoms with E-state index in [2.05, 4.69) is 15.4 Å². The van der Waals surface area contributed by atoms with Crippen LogP contribution in [-0.2, 0) is 16.5 Å². The molecule has 1 aliphatic rings. The molecule has 3 heterocycles. The fraction of sp³-hybridized carbons (Fsp3) is 0.462. The summed E-state index contributed by atoms with van der Waals surface area (Å²) in [5, 5.41) is 17.2. The zero-order valence-electron chi connectivity index (χ0n) is 11.6. The zero-order valence-corrected chi connectivity index (χ0v) is 11.6. The van der Waals surface area contributed by atoms with Gasteiger partial charge in [-0.15, -0.1) is 0 Å². The predicted octanol–water partition coefficient (Wildman–Crippen LogP) is 0.494. The third kappa shape index (κ3) is 2.67. The van der Waals surface area contributed by atoms with Crippen molar-refractivity contribution in [2.45, 2.75) is 6.10 Å². The maximum absolute atomic E-state index is 11.4. The minimum absolute atomic E-state index is 0.0970. The van der Waals surface area contributed by atoms with Crippen LogP contribution in [0.4, 0.5) is 5.69 Å². The number of rotatable bonds is 4. The summed E-state index contributed by atoms with van der Waals surface area (Å²) in [7, 11) is 1.76. The normalized spacial score (nSPS) is 18.8. The number of aromatic carboxylic acids is 1. The third-order valence-electron chi connectivity index (χ3n) is 3.38. The van der Waals surface area contributed by atoms with Gasteiger partial charge in [-0.1, -0.05) is 0 Å². The molecular weight excluding hydrogens is 276 g/mol. The number of anilines is 1. The van der Waals surface area contributed by atoms with E-state index in [9.17, 15) is 9.90 Å². The molecule has 0 spiro atoms. The molecular formula is C13H16N4O4. The highest BCUT2D eigenvalue weighted by molar-refractivity contribution is 6.03. The lowest BCUT2D eigenvalue weighted by Crippen LogP contribution is -2.34. The Hall–Kier alpha value is -2.19. The first-order valence-corrected chi connectivity index (χ1v) is 6.64. The van der Waals surface area contributed by atoms with Gasteiger partial charge in [-0.3, -0.25) is 4.68 Å². The first-order valence-electron chi connectivity index (χ1n) is 6.64. The Balaban J connectivity index is 1.90. The second-order valence-corrected chi connectivity index (χ2v) is 4.81. The first kappa shape index (κ1) is 13.8. The fourth-order valence-corrected chi connectivity index (χ4v) is 2.32. The van der Waals surface area contributed by atoms with E-state index in [1.807, 2.05) is 0 Å². The number of nitrogens with one attached hydrogen (secondary N) is 1. The van der Waals surface area contributed by atoms with E-state index >= 15 is 0 Å². The van der Waals surface area contributed by atoms with Crippen molar-refractivity contribution in [3.8, 4) is 0 Å². The first-order chi connectivity index (χ1) is 10.2. The van der Waals surface area contributed by atoms with E-state index in [4.69, 9.17) is 9.47 Å². The average Bonchev–Trinajstić information content (AvgIpc) is 2.87. The Morgan fingerprint density at radius 1 is 1.52 bits per heavy atom. The number of pyridine rings is 1. The van der Waals surface area contributed by atoms with E-state index < -0.39 is 5.97 Å². The molecule has 1 atom stereocenters. The van der Waals surface area contributed by atoms with Crippen molar-refractivity contribution in [2.75, 3.05) is 31.7 Å². The number of hydrogen-bond acceptors (Lipinski definition) is 6. The summed E-state index contributed by atoms with van der Waals surface area (Å²) in [6.07, 6.45) is 2.85. The molecule has 1 aliphatic heterocycles. The quantitative estimate of drug-likeness (QED) is 0.846. The summed E-state index contributed by atoms with van der Waals surface area (Å²) in [5.41, 5.74) is 1.25. The summed E-state index contributed by atoms with van der Waals surface area (Å²) < 4.78 is 12.5. The van der Waals surface area contributed by atoms with Gasteiger partial charge >= 0.3 is 5.97 Å². The minimum Gasteiger partial charge on any atom is -0.478 e. The van der Waals surface area contributed by atoms with Crippen LogP contribution in [0, 0.1) is 0 Å². The molecule has 0 aliphatic carbocycles. The molecule has 1 unspecified atom stereocenters. The van der Waals surface area contributed by atoms with E-state index in [1.54, 1.807) is 17.9 Å². The molecule has 0 radical (unpaired) electrons. The second kappa shape index (κ2) is 5.66. The number of carboxylic acids is 1. The van der Waals surface area contributed by atoms with Crippen LogP contribution in [0.15, 0.2) is 12.4 Å². The molecule has 0 saturated carbocycles. The maximum Gasteiger partial charge on any atom is 0.339 e. The molecule has 2 aromatic heterocycles. The molecule has 3 rings (SSSR count). The zero-order chi connectivity index (χ0) is 14.8. The smallest absolute Gasteiger partial charge is 0.339 e. The molecule has 21 heavy (non-hydrogen) atoms. The number of aromatic nitrogens is 3. The number of carbonyl (C=O) groups is 1. The Labute approximate surface area is 120 Å². The van der Waals surface area contributed by atoms with Crippen LogP contribution in [-0.4, -0.2) is 58.3 Å². The van der Waals surface area contributed by atoms with Crippen molar-refractivity contribution < 1.29 is 19.4 Å². The molecule has 2 aromatic rings. The van der Waals surface area contributed by atoms with Crippen LogP contribution in [0.1, 0.15) is 10.4 Å². The van der Waals surface area contributed by atoms with Crippen molar-refractivity contribution in [3.05, 3.63) is 18.0 Å². The van der Waals surface area contributed by atoms with Gasteiger partial charge in [-0.05, 0) is 0 Å². The Morgan fingerprint density at radius 3 is 3.10 bits per heavy atom. The molecule has 1 fully saturated rings. The summed E-state index contributed by atoms with van der Waals surface area (Å²) in [6.45, 7) is 2.11. The lowest BCUT2D eigenvalue weighted by Gasteiger charge is -2.24. The predicted molar refractivity (Wildman–Crippen MR) is 74.5 cm³/mol. The highest BCUT2D eigenvalue weighted by atomic mass is 16.6. The molecule has 1 saturated heterocycles. The number of hydrogen-bond donors (Lipinski definition) is 2. The van der Waals surface area contributed by atoms with Gasteiger partial charge in [-0.2, -0.15) is 5.10 Å². The van der Waals surface area contributed by atoms with Gasteiger partial charge in [0.2, 0.25) is 0 Å². The van der Waals surface area contributed by atoms with Crippen molar-refractivity contribution in [1.29, 1.82) is 0 Å². The van der Waals surface area contributed by atoms with Crippen LogP contribution < -0.4 is 5.32 Å². The number of carboxylic acid groups (broad SMARTS) is 1. The molecule has 0 aromatic carbocycles. The van der Waals surface area contributed by atoms with Gasteiger partial charge < -0.3 is 19.9 Å². The standard InChI is InChI=1S/C13H16N4O4/c1-17-12-9(6-16-17)11(10(5-15-12)13(18)19)14-4-8-7-20-2-3-21-8/h5-6,8H,2-4,7H2,1H3,(H,14,15)(H,18,19). The highest BCUT2D eigenvalue weighted by Crippen LogP contribution is 2.25. The monoisotopic (exact) mass is 292 g/mol. The van der Waals surface area contributed by atoms with Gasteiger partial charge in [0, 0.05) is 19.8 Å². The summed E-state index contributed by atoms with van der Waals surface area (Å²) in [6, 6.07) is 0. The molecule has 0 amide bonds. The average molecular weight is 292 g/mol.